The highest BCUT2D eigenvalue weighted by Gasteiger charge is 2.34. The predicted octanol–water partition coefficient (Wildman–Crippen LogP) is 0.476. The number of piperidine rings is 1. The Morgan fingerprint density at radius 1 is 1.39 bits per heavy atom. The molecule has 1 heterocycles. The van der Waals surface area contributed by atoms with Gasteiger partial charge < -0.3 is 5.11 Å². The molecule has 18 heavy (non-hydrogen) atoms. The van der Waals surface area contributed by atoms with E-state index in [1.807, 2.05) is 0 Å². The molecule has 0 bridgehead atoms. The molecular formula is C9H17F3N2O3S. The van der Waals surface area contributed by atoms with Crippen LogP contribution in [0, 0.1) is 5.92 Å². The number of rotatable bonds is 4. The lowest BCUT2D eigenvalue weighted by molar-refractivity contribution is -0.121. The summed E-state index contributed by atoms with van der Waals surface area (Å²) in [5, 5.41) is 9.34. The Morgan fingerprint density at radius 2 is 1.89 bits per heavy atom. The minimum Gasteiger partial charge on any atom is -0.393 e. The molecule has 0 amide bonds. The van der Waals surface area contributed by atoms with Crippen LogP contribution in [0.1, 0.15) is 19.8 Å². The van der Waals surface area contributed by atoms with E-state index in [2.05, 4.69) is 0 Å². The van der Waals surface area contributed by atoms with Crippen molar-refractivity contribution in [1.29, 1.82) is 0 Å². The Balaban J connectivity index is 2.51. The van der Waals surface area contributed by atoms with Gasteiger partial charge in [0.05, 0.1) is 6.10 Å². The van der Waals surface area contributed by atoms with Crippen LogP contribution in [0.4, 0.5) is 13.2 Å². The lowest BCUT2D eigenvalue weighted by atomic mass is 9.93. The number of alkyl halides is 3. The molecule has 0 aliphatic carbocycles. The molecule has 1 atom stereocenters. The minimum atomic E-state index is -4.56. The lowest BCUT2D eigenvalue weighted by Crippen LogP contribution is -2.48. The van der Waals surface area contributed by atoms with Gasteiger partial charge in [-0.2, -0.15) is 30.6 Å². The summed E-state index contributed by atoms with van der Waals surface area (Å²) >= 11 is 0. The molecule has 2 N–H and O–H groups in total. The zero-order chi connectivity index (χ0) is 14.0. The second kappa shape index (κ2) is 5.72. The molecule has 0 aromatic heterocycles. The molecule has 1 fully saturated rings. The molecule has 0 saturated carbocycles. The molecule has 1 rings (SSSR count). The topological polar surface area (TPSA) is 69.6 Å². The van der Waals surface area contributed by atoms with Crippen molar-refractivity contribution in [3.8, 4) is 0 Å². The summed E-state index contributed by atoms with van der Waals surface area (Å²) in [5.74, 6) is -0.000865. The Kier molecular flexibility index (Phi) is 4.98. The van der Waals surface area contributed by atoms with Crippen LogP contribution in [0.15, 0.2) is 0 Å². The van der Waals surface area contributed by atoms with Gasteiger partial charge in [-0.25, -0.2) is 0 Å². The third-order valence-corrected chi connectivity index (χ3v) is 4.53. The molecule has 1 saturated heterocycles. The van der Waals surface area contributed by atoms with Crippen LogP contribution in [0.3, 0.4) is 0 Å². The van der Waals surface area contributed by atoms with E-state index in [0.717, 1.165) is 4.31 Å². The highest BCUT2D eigenvalue weighted by molar-refractivity contribution is 7.87. The average Bonchev–Trinajstić information content (AvgIpc) is 2.26. The van der Waals surface area contributed by atoms with E-state index in [4.69, 9.17) is 0 Å². The van der Waals surface area contributed by atoms with Crippen LogP contribution >= 0.6 is 0 Å². The van der Waals surface area contributed by atoms with Crippen molar-refractivity contribution in [3.63, 3.8) is 0 Å². The monoisotopic (exact) mass is 290 g/mol. The number of aliphatic hydroxyl groups is 1. The maximum atomic E-state index is 11.9. The summed E-state index contributed by atoms with van der Waals surface area (Å²) in [6.07, 6.45) is -4.20. The summed E-state index contributed by atoms with van der Waals surface area (Å²) in [5.41, 5.74) is 0. The quantitative estimate of drug-likeness (QED) is 0.791. The largest absolute Gasteiger partial charge is 0.402 e. The number of hydrogen-bond acceptors (Lipinski definition) is 3. The summed E-state index contributed by atoms with van der Waals surface area (Å²) in [6.45, 7) is 0.313. The van der Waals surface area contributed by atoms with Gasteiger partial charge in [0.15, 0.2) is 0 Å². The first-order valence-electron chi connectivity index (χ1n) is 5.61. The van der Waals surface area contributed by atoms with Crippen LogP contribution in [0.5, 0.6) is 0 Å². The number of aliphatic hydroxyl groups excluding tert-OH is 1. The van der Waals surface area contributed by atoms with Crippen LogP contribution in [-0.4, -0.2) is 49.7 Å². The summed E-state index contributed by atoms with van der Waals surface area (Å²) in [4.78, 5) is 0. The Hall–Kier alpha value is -0.380. The predicted molar refractivity (Wildman–Crippen MR) is 59.0 cm³/mol. The first-order chi connectivity index (χ1) is 8.12. The summed E-state index contributed by atoms with van der Waals surface area (Å²) < 4.78 is 61.5. The van der Waals surface area contributed by atoms with Gasteiger partial charge in [0, 0.05) is 13.1 Å². The van der Waals surface area contributed by atoms with Crippen LogP contribution in [-0.2, 0) is 10.2 Å². The van der Waals surface area contributed by atoms with Crippen molar-refractivity contribution in [2.45, 2.75) is 32.0 Å². The summed E-state index contributed by atoms with van der Waals surface area (Å²) in [6, 6.07) is 0. The van der Waals surface area contributed by atoms with E-state index in [-0.39, 0.29) is 19.0 Å². The fourth-order valence-electron chi connectivity index (χ4n) is 1.86. The third-order valence-electron chi connectivity index (χ3n) is 2.98. The van der Waals surface area contributed by atoms with Gasteiger partial charge in [0.25, 0.3) is 10.2 Å². The van der Waals surface area contributed by atoms with Gasteiger partial charge in [-0.15, -0.1) is 0 Å². The van der Waals surface area contributed by atoms with Gasteiger partial charge in [0.2, 0.25) is 0 Å². The van der Waals surface area contributed by atoms with E-state index in [9.17, 15) is 26.7 Å². The molecule has 1 aliphatic rings. The van der Waals surface area contributed by atoms with Crippen molar-refractivity contribution < 1.29 is 26.7 Å². The molecule has 9 heteroatoms. The van der Waals surface area contributed by atoms with Gasteiger partial charge >= 0.3 is 6.18 Å². The first-order valence-corrected chi connectivity index (χ1v) is 7.05. The van der Waals surface area contributed by atoms with Gasteiger partial charge in [0.1, 0.15) is 6.54 Å². The standard InChI is InChI=1S/C9H17F3N2O3S/c1-7(15)8-2-4-14(5-3-8)18(16,17)13-6-9(10,11)12/h7-8,13,15H,2-6H2,1H3. The average molecular weight is 290 g/mol. The highest BCUT2D eigenvalue weighted by Crippen LogP contribution is 2.22. The van der Waals surface area contributed by atoms with Crippen molar-refractivity contribution >= 4 is 10.2 Å². The van der Waals surface area contributed by atoms with Gasteiger partial charge in [-0.1, -0.05) is 0 Å². The van der Waals surface area contributed by atoms with E-state index < -0.39 is 29.0 Å². The fourth-order valence-corrected chi connectivity index (χ4v) is 3.08. The van der Waals surface area contributed by atoms with Crippen molar-refractivity contribution in [2.24, 2.45) is 5.92 Å². The number of halogens is 3. The molecule has 0 aromatic carbocycles. The van der Waals surface area contributed by atoms with E-state index >= 15 is 0 Å². The van der Waals surface area contributed by atoms with Crippen LogP contribution < -0.4 is 4.72 Å². The number of nitrogens with one attached hydrogen (secondary N) is 1. The van der Waals surface area contributed by atoms with Gasteiger partial charge in [-0.3, -0.25) is 0 Å². The molecule has 1 aliphatic heterocycles. The van der Waals surface area contributed by atoms with E-state index in [1.165, 1.54) is 4.72 Å². The summed E-state index contributed by atoms with van der Waals surface area (Å²) in [7, 11) is -4.08. The van der Waals surface area contributed by atoms with Crippen LogP contribution in [0.25, 0.3) is 0 Å². The molecule has 5 nitrogen and oxygen atoms in total. The van der Waals surface area contributed by atoms with E-state index in [0.29, 0.717) is 12.8 Å². The maximum Gasteiger partial charge on any atom is 0.402 e. The number of hydrogen-bond donors (Lipinski definition) is 2. The maximum absolute atomic E-state index is 11.9. The Morgan fingerprint density at radius 3 is 2.28 bits per heavy atom. The zero-order valence-corrected chi connectivity index (χ0v) is 10.8. The zero-order valence-electron chi connectivity index (χ0n) is 9.94. The normalized spacial score (nSPS) is 22.1. The van der Waals surface area contributed by atoms with E-state index in [1.54, 1.807) is 6.92 Å². The second-order valence-corrected chi connectivity index (χ2v) is 6.17. The SMILES string of the molecule is CC(O)C1CCN(S(=O)(=O)NCC(F)(F)F)CC1. The highest BCUT2D eigenvalue weighted by atomic mass is 32.2. The molecule has 0 aromatic rings. The van der Waals surface area contributed by atoms with Crippen LogP contribution in [0.2, 0.25) is 0 Å². The first kappa shape index (κ1) is 15.7. The lowest BCUT2D eigenvalue weighted by Gasteiger charge is -2.32. The second-order valence-electron chi connectivity index (χ2n) is 4.42. The Labute approximate surface area is 104 Å². The Bertz CT molecular complexity index is 362. The van der Waals surface area contributed by atoms with Crippen molar-refractivity contribution in [1.82, 2.24) is 9.03 Å². The van der Waals surface area contributed by atoms with Crippen molar-refractivity contribution in [2.75, 3.05) is 19.6 Å². The molecular weight excluding hydrogens is 273 g/mol. The molecule has 1 unspecified atom stereocenters. The molecule has 108 valence electrons. The fraction of sp³-hybridized carbons (Fsp3) is 1.00. The van der Waals surface area contributed by atoms with Gasteiger partial charge in [-0.05, 0) is 25.7 Å². The van der Waals surface area contributed by atoms with Crippen molar-refractivity contribution in [3.05, 3.63) is 0 Å². The molecule has 0 spiro atoms. The molecule has 0 radical (unpaired) electrons. The smallest absolute Gasteiger partial charge is 0.393 e. The minimum absolute atomic E-state index is 0.000865. The number of nitrogens with zero attached hydrogens (tertiary/aromatic N) is 1. The third kappa shape index (κ3) is 4.71.